The largest absolute Gasteiger partial charge is 0.389 e. The van der Waals surface area contributed by atoms with Gasteiger partial charge in [-0.25, -0.2) is 0 Å². The fraction of sp³-hybridized carbons (Fsp3) is 0.118. The normalized spacial score (nSPS) is 12.5. The van der Waals surface area contributed by atoms with Crippen LogP contribution in [0.2, 0.25) is 0 Å². The van der Waals surface area contributed by atoms with E-state index in [4.69, 9.17) is 0 Å². The second-order valence-corrected chi connectivity index (χ2v) is 4.33. The Kier molecular flexibility index (Phi) is 4.65. The lowest BCUT2D eigenvalue weighted by Crippen LogP contribution is -2.10. The molecule has 2 heteroatoms. The highest BCUT2D eigenvalue weighted by Crippen LogP contribution is 2.08. The average molecular weight is 252 g/mol. The molecule has 0 saturated heterocycles. The molecule has 2 aromatic rings. The molecular formula is C17H16O2. The number of Topliss-reactive ketones (excluding diaryl/α,β-unsaturated/α-hetero) is 1. The summed E-state index contributed by atoms with van der Waals surface area (Å²) in [4.78, 5) is 11.9. The Morgan fingerprint density at radius 3 is 2.21 bits per heavy atom. The van der Waals surface area contributed by atoms with E-state index in [1.54, 1.807) is 18.2 Å². The van der Waals surface area contributed by atoms with Gasteiger partial charge in [-0.1, -0.05) is 72.8 Å². The molecule has 2 nitrogen and oxygen atoms in total. The summed E-state index contributed by atoms with van der Waals surface area (Å²) in [6, 6.07) is 18.7. The van der Waals surface area contributed by atoms with Gasteiger partial charge in [0.15, 0.2) is 5.78 Å². The minimum absolute atomic E-state index is 0.0502. The first-order valence-corrected chi connectivity index (χ1v) is 6.25. The van der Waals surface area contributed by atoms with E-state index in [1.165, 1.54) is 0 Å². The molecule has 96 valence electrons. The average Bonchev–Trinajstić information content (AvgIpc) is 2.47. The molecule has 0 spiro atoms. The van der Waals surface area contributed by atoms with Gasteiger partial charge in [0.1, 0.15) is 0 Å². The molecule has 0 aliphatic carbocycles. The highest BCUT2D eigenvalue weighted by Gasteiger charge is 2.09. The molecule has 1 unspecified atom stereocenters. The van der Waals surface area contributed by atoms with Gasteiger partial charge < -0.3 is 5.11 Å². The Morgan fingerprint density at radius 1 is 1.00 bits per heavy atom. The van der Waals surface area contributed by atoms with Gasteiger partial charge in [-0.3, -0.25) is 4.79 Å². The van der Waals surface area contributed by atoms with Crippen LogP contribution in [0.5, 0.6) is 0 Å². The van der Waals surface area contributed by atoms with Crippen molar-refractivity contribution in [3.05, 3.63) is 77.9 Å². The number of aliphatic hydroxyl groups excluding tert-OH is 1. The summed E-state index contributed by atoms with van der Waals surface area (Å²) in [5.74, 6) is -0.0502. The molecule has 1 N–H and O–H groups in total. The molecule has 2 rings (SSSR count). The van der Waals surface area contributed by atoms with E-state index in [2.05, 4.69) is 0 Å². The van der Waals surface area contributed by atoms with E-state index in [-0.39, 0.29) is 12.2 Å². The predicted octanol–water partition coefficient (Wildman–Crippen LogP) is 3.33. The molecule has 0 aliphatic rings. The van der Waals surface area contributed by atoms with Crippen LogP contribution >= 0.6 is 0 Å². The smallest absolute Gasteiger partial charge is 0.165 e. The van der Waals surface area contributed by atoms with Crippen molar-refractivity contribution in [2.24, 2.45) is 0 Å². The van der Waals surface area contributed by atoms with Gasteiger partial charge >= 0.3 is 0 Å². The molecule has 0 aromatic heterocycles. The van der Waals surface area contributed by atoms with Crippen LogP contribution in [0, 0.1) is 0 Å². The molecule has 0 amide bonds. The van der Waals surface area contributed by atoms with Gasteiger partial charge in [0.25, 0.3) is 0 Å². The number of carbonyl (C=O) groups excluding carboxylic acids is 1. The number of carbonyl (C=O) groups is 1. The van der Waals surface area contributed by atoms with Crippen LogP contribution < -0.4 is 0 Å². The summed E-state index contributed by atoms with van der Waals surface area (Å²) in [6.07, 6.45) is 2.82. The lowest BCUT2D eigenvalue weighted by atomic mass is 10.0. The monoisotopic (exact) mass is 252 g/mol. The summed E-state index contributed by atoms with van der Waals surface area (Å²) in [5, 5.41) is 9.83. The van der Waals surface area contributed by atoms with E-state index in [1.807, 2.05) is 54.6 Å². The maximum atomic E-state index is 11.9. The maximum Gasteiger partial charge on any atom is 0.165 e. The second kappa shape index (κ2) is 6.66. The van der Waals surface area contributed by atoms with Crippen molar-refractivity contribution in [1.82, 2.24) is 0 Å². The van der Waals surface area contributed by atoms with E-state index in [0.29, 0.717) is 5.56 Å². The van der Waals surface area contributed by atoms with E-state index in [0.717, 1.165) is 5.56 Å². The topological polar surface area (TPSA) is 37.3 Å². The van der Waals surface area contributed by atoms with Crippen LogP contribution in [0.1, 0.15) is 22.3 Å². The van der Waals surface area contributed by atoms with Crippen molar-refractivity contribution < 1.29 is 9.90 Å². The number of ketones is 1. The molecule has 0 fully saturated rings. The molecule has 0 aliphatic heterocycles. The van der Waals surface area contributed by atoms with Crippen molar-refractivity contribution in [3.63, 3.8) is 0 Å². The van der Waals surface area contributed by atoms with Gasteiger partial charge in [0, 0.05) is 12.0 Å². The highest BCUT2D eigenvalue weighted by molar-refractivity contribution is 5.96. The second-order valence-electron chi connectivity index (χ2n) is 4.33. The van der Waals surface area contributed by atoms with Gasteiger partial charge in [0.05, 0.1) is 6.10 Å². The van der Waals surface area contributed by atoms with Crippen molar-refractivity contribution >= 4 is 11.9 Å². The predicted molar refractivity (Wildman–Crippen MR) is 76.9 cm³/mol. The van der Waals surface area contributed by atoms with Crippen molar-refractivity contribution in [2.45, 2.75) is 12.5 Å². The zero-order chi connectivity index (χ0) is 13.5. The van der Waals surface area contributed by atoms with E-state index in [9.17, 15) is 9.90 Å². The molecule has 0 heterocycles. The van der Waals surface area contributed by atoms with Gasteiger partial charge in [-0.2, -0.15) is 0 Å². The quantitative estimate of drug-likeness (QED) is 0.829. The van der Waals surface area contributed by atoms with Crippen LogP contribution in [0.15, 0.2) is 66.7 Å². The maximum absolute atomic E-state index is 11.9. The zero-order valence-corrected chi connectivity index (χ0v) is 10.6. The third kappa shape index (κ3) is 4.19. The third-order valence-corrected chi connectivity index (χ3v) is 2.80. The molecule has 0 radical (unpaired) electrons. The summed E-state index contributed by atoms with van der Waals surface area (Å²) < 4.78 is 0. The first-order valence-electron chi connectivity index (χ1n) is 6.25. The number of hydrogen-bond donors (Lipinski definition) is 1. The molecule has 2 aromatic carbocycles. The van der Waals surface area contributed by atoms with Gasteiger partial charge in [-0.05, 0) is 5.56 Å². The minimum atomic E-state index is -0.757. The van der Waals surface area contributed by atoms with Crippen molar-refractivity contribution in [1.29, 1.82) is 0 Å². The summed E-state index contributed by atoms with van der Waals surface area (Å²) >= 11 is 0. The van der Waals surface area contributed by atoms with Crippen molar-refractivity contribution in [2.75, 3.05) is 0 Å². The molecule has 19 heavy (non-hydrogen) atoms. The minimum Gasteiger partial charge on any atom is -0.389 e. The lowest BCUT2D eigenvalue weighted by Gasteiger charge is -2.04. The number of hydrogen-bond acceptors (Lipinski definition) is 2. The number of benzene rings is 2. The van der Waals surface area contributed by atoms with Crippen LogP contribution in [-0.4, -0.2) is 17.0 Å². The number of aliphatic hydroxyl groups is 1. The standard InChI is InChI=1S/C17H16O2/c18-16(12-11-14-7-3-1-4-8-14)13-17(19)15-9-5-2-6-10-15/h1-12,16,18H,13H2/b12-11+. The zero-order valence-electron chi connectivity index (χ0n) is 10.6. The summed E-state index contributed by atoms with van der Waals surface area (Å²) in [6.45, 7) is 0. The van der Waals surface area contributed by atoms with Crippen LogP contribution in [0.4, 0.5) is 0 Å². The van der Waals surface area contributed by atoms with Crippen LogP contribution in [0.25, 0.3) is 6.08 Å². The highest BCUT2D eigenvalue weighted by atomic mass is 16.3. The Hall–Kier alpha value is -2.19. The number of rotatable bonds is 5. The SMILES string of the molecule is O=C(CC(O)/C=C/c1ccccc1)c1ccccc1. The summed E-state index contributed by atoms with van der Waals surface area (Å²) in [5.41, 5.74) is 1.64. The first-order chi connectivity index (χ1) is 9.25. The first kappa shape index (κ1) is 13.2. The Morgan fingerprint density at radius 2 is 1.58 bits per heavy atom. The van der Waals surface area contributed by atoms with E-state index >= 15 is 0 Å². The molecule has 0 bridgehead atoms. The molecular weight excluding hydrogens is 236 g/mol. The van der Waals surface area contributed by atoms with Crippen LogP contribution in [0.3, 0.4) is 0 Å². The lowest BCUT2D eigenvalue weighted by molar-refractivity contribution is 0.0923. The third-order valence-electron chi connectivity index (χ3n) is 2.80. The fourth-order valence-electron chi connectivity index (χ4n) is 1.79. The van der Waals surface area contributed by atoms with Gasteiger partial charge in [0.2, 0.25) is 0 Å². The summed E-state index contributed by atoms with van der Waals surface area (Å²) in [7, 11) is 0. The molecule has 0 saturated carbocycles. The Bertz CT molecular complexity index is 544. The fourth-order valence-corrected chi connectivity index (χ4v) is 1.79. The van der Waals surface area contributed by atoms with Crippen LogP contribution in [-0.2, 0) is 0 Å². The van der Waals surface area contributed by atoms with E-state index < -0.39 is 6.10 Å². The van der Waals surface area contributed by atoms with Gasteiger partial charge in [-0.15, -0.1) is 0 Å². The van der Waals surface area contributed by atoms with Crippen molar-refractivity contribution in [3.8, 4) is 0 Å². The molecule has 1 atom stereocenters. The Labute approximate surface area is 113 Å². The Balaban J connectivity index is 1.93.